The van der Waals surface area contributed by atoms with Gasteiger partial charge in [0, 0.05) is 25.1 Å². The fourth-order valence-electron chi connectivity index (χ4n) is 2.96. The molecular weight excluding hydrogens is 340 g/mol. The third-order valence-corrected chi connectivity index (χ3v) is 4.60. The first-order chi connectivity index (χ1) is 12.1. The molecule has 1 aliphatic rings. The normalized spacial score (nSPS) is 16.8. The van der Waals surface area contributed by atoms with E-state index in [-0.39, 0.29) is 18.2 Å². The smallest absolute Gasteiger partial charge is 0.227 e. The highest BCUT2D eigenvalue weighted by molar-refractivity contribution is 6.33. The summed E-state index contributed by atoms with van der Waals surface area (Å²) in [5.74, 6) is 0.0980. The lowest BCUT2D eigenvalue weighted by atomic mass is 10.1. The van der Waals surface area contributed by atoms with Gasteiger partial charge < -0.3 is 15.0 Å². The number of nitrogens with one attached hydrogen (secondary N) is 1. The largest absolute Gasteiger partial charge is 0.496 e. The van der Waals surface area contributed by atoms with Crippen LogP contribution in [0.15, 0.2) is 48.5 Å². The first-order valence-corrected chi connectivity index (χ1v) is 8.42. The number of carbonyl (C=O) groups is 2. The zero-order valence-electron chi connectivity index (χ0n) is 13.9. The van der Waals surface area contributed by atoms with Crippen LogP contribution in [0.25, 0.3) is 0 Å². The highest BCUT2D eigenvalue weighted by atomic mass is 35.5. The maximum Gasteiger partial charge on any atom is 0.227 e. The van der Waals surface area contributed by atoms with Crippen molar-refractivity contribution in [1.29, 1.82) is 0 Å². The lowest BCUT2D eigenvalue weighted by Crippen LogP contribution is -2.32. The lowest BCUT2D eigenvalue weighted by molar-refractivity contribution is -0.126. The summed E-state index contributed by atoms with van der Waals surface area (Å²) in [6.45, 7) is 0.694. The van der Waals surface area contributed by atoms with Crippen LogP contribution >= 0.6 is 11.6 Å². The standard InChI is InChI=1S/C19H19ClN2O3/c1-25-17-9-5-2-6-13(17)11-21-19(24)14-10-18(23)22(12-14)16-8-4-3-7-15(16)20/h2-9,14H,10-12H2,1H3,(H,21,24)/t14-/m0/s1. The molecule has 130 valence electrons. The molecule has 1 aliphatic heterocycles. The van der Waals surface area contributed by atoms with Gasteiger partial charge in [-0.15, -0.1) is 0 Å². The Bertz CT molecular complexity index is 794. The van der Waals surface area contributed by atoms with Gasteiger partial charge in [-0.1, -0.05) is 41.9 Å². The number of halogens is 1. The molecule has 2 aromatic carbocycles. The molecule has 6 heteroatoms. The molecule has 0 aromatic heterocycles. The molecule has 0 bridgehead atoms. The van der Waals surface area contributed by atoms with E-state index in [0.717, 1.165) is 11.3 Å². The van der Waals surface area contributed by atoms with Crippen molar-refractivity contribution >= 4 is 29.1 Å². The molecular formula is C19H19ClN2O3. The van der Waals surface area contributed by atoms with E-state index in [1.54, 1.807) is 24.1 Å². The van der Waals surface area contributed by atoms with Gasteiger partial charge in [0.05, 0.1) is 23.7 Å². The number of hydrogen-bond donors (Lipinski definition) is 1. The van der Waals surface area contributed by atoms with E-state index in [0.29, 0.717) is 23.8 Å². The number of anilines is 1. The van der Waals surface area contributed by atoms with Crippen LogP contribution in [-0.2, 0) is 16.1 Å². The number of benzene rings is 2. The average molecular weight is 359 g/mol. The molecule has 3 rings (SSSR count). The number of carbonyl (C=O) groups excluding carboxylic acids is 2. The van der Waals surface area contributed by atoms with Crippen molar-refractivity contribution in [2.45, 2.75) is 13.0 Å². The summed E-state index contributed by atoms with van der Waals surface area (Å²) >= 11 is 6.16. The van der Waals surface area contributed by atoms with Crippen molar-refractivity contribution in [3.05, 3.63) is 59.1 Å². The van der Waals surface area contributed by atoms with Crippen molar-refractivity contribution in [3.8, 4) is 5.75 Å². The van der Waals surface area contributed by atoms with E-state index in [1.165, 1.54) is 0 Å². The number of para-hydroxylation sites is 2. The Labute approximate surface area is 151 Å². The first kappa shape index (κ1) is 17.3. The predicted octanol–water partition coefficient (Wildman–Crippen LogP) is 3.02. The van der Waals surface area contributed by atoms with Crippen LogP contribution < -0.4 is 15.0 Å². The Morgan fingerprint density at radius 3 is 2.72 bits per heavy atom. The molecule has 1 fully saturated rings. The van der Waals surface area contributed by atoms with E-state index in [2.05, 4.69) is 5.32 Å². The highest BCUT2D eigenvalue weighted by Crippen LogP contribution is 2.31. The molecule has 5 nitrogen and oxygen atoms in total. The molecule has 2 aromatic rings. The quantitative estimate of drug-likeness (QED) is 0.893. The van der Waals surface area contributed by atoms with Crippen LogP contribution in [-0.4, -0.2) is 25.5 Å². The highest BCUT2D eigenvalue weighted by Gasteiger charge is 2.35. The van der Waals surface area contributed by atoms with Gasteiger partial charge >= 0.3 is 0 Å². The summed E-state index contributed by atoms with van der Waals surface area (Å²) in [6.07, 6.45) is 0.184. The minimum Gasteiger partial charge on any atom is -0.496 e. The summed E-state index contributed by atoms with van der Waals surface area (Å²) in [5.41, 5.74) is 1.54. The van der Waals surface area contributed by atoms with Gasteiger partial charge in [-0.05, 0) is 18.2 Å². The fraction of sp³-hybridized carbons (Fsp3) is 0.263. The molecule has 0 radical (unpaired) electrons. The van der Waals surface area contributed by atoms with Crippen molar-refractivity contribution in [2.75, 3.05) is 18.6 Å². The molecule has 0 aliphatic carbocycles. The zero-order valence-corrected chi connectivity index (χ0v) is 14.6. The molecule has 1 N–H and O–H groups in total. The van der Waals surface area contributed by atoms with Gasteiger partial charge in [-0.3, -0.25) is 9.59 Å². The molecule has 1 atom stereocenters. The average Bonchev–Trinajstić information content (AvgIpc) is 3.02. The monoisotopic (exact) mass is 358 g/mol. The zero-order chi connectivity index (χ0) is 17.8. The Morgan fingerprint density at radius 2 is 1.96 bits per heavy atom. The molecule has 0 unspecified atom stereocenters. The first-order valence-electron chi connectivity index (χ1n) is 8.04. The maximum absolute atomic E-state index is 12.5. The van der Waals surface area contributed by atoms with E-state index >= 15 is 0 Å². The number of ether oxygens (including phenoxy) is 1. The Balaban J connectivity index is 1.64. The van der Waals surface area contributed by atoms with Gasteiger partial charge in [-0.2, -0.15) is 0 Å². The molecule has 2 amide bonds. The van der Waals surface area contributed by atoms with Crippen LogP contribution in [0, 0.1) is 5.92 Å². The lowest BCUT2D eigenvalue weighted by Gasteiger charge is -2.18. The Morgan fingerprint density at radius 1 is 1.24 bits per heavy atom. The minimum atomic E-state index is -0.390. The number of amides is 2. The second-order valence-corrected chi connectivity index (χ2v) is 6.29. The second-order valence-electron chi connectivity index (χ2n) is 5.89. The summed E-state index contributed by atoms with van der Waals surface area (Å²) in [5, 5.41) is 3.40. The van der Waals surface area contributed by atoms with Crippen molar-refractivity contribution in [2.24, 2.45) is 5.92 Å². The number of hydrogen-bond acceptors (Lipinski definition) is 3. The van der Waals surface area contributed by atoms with Crippen LogP contribution in [0.2, 0.25) is 5.02 Å². The van der Waals surface area contributed by atoms with E-state index in [1.807, 2.05) is 36.4 Å². The van der Waals surface area contributed by atoms with E-state index in [9.17, 15) is 9.59 Å². The molecule has 1 saturated heterocycles. The molecule has 1 heterocycles. The van der Waals surface area contributed by atoms with Gasteiger partial charge in [0.25, 0.3) is 0 Å². The predicted molar refractivity (Wildman–Crippen MR) is 96.8 cm³/mol. The van der Waals surface area contributed by atoms with Gasteiger partial charge in [0.1, 0.15) is 5.75 Å². The molecule has 0 saturated carbocycles. The second kappa shape index (κ2) is 7.57. The topological polar surface area (TPSA) is 58.6 Å². The Kier molecular flexibility index (Phi) is 5.24. The third-order valence-electron chi connectivity index (χ3n) is 4.28. The number of methoxy groups -OCH3 is 1. The van der Waals surface area contributed by atoms with Crippen LogP contribution in [0.4, 0.5) is 5.69 Å². The summed E-state index contributed by atoms with van der Waals surface area (Å²) in [4.78, 5) is 26.3. The van der Waals surface area contributed by atoms with Crippen molar-refractivity contribution in [1.82, 2.24) is 5.32 Å². The van der Waals surface area contributed by atoms with Crippen molar-refractivity contribution < 1.29 is 14.3 Å². The SMILES string of the molecule is COc1ccccc1CNC(=O)[C@H]1CC(=O)N(c2ccccc2Cl)C1. The van der Waals surface area contributed by atoms with Crippen LogP contribution in [0.1, 0.15) is 12.0 Å². The third kappa shape index (κ3) is 3.77. The maximum atomic E-state index is 12.5. The summed E-state index contributed by atoms with van der Waals surface area (Å²) < 4.78 is 5.28. The number of rotatable bonds is 5. The van der Waals surface area contributed by atoms with E-state index in [4.69, 9.17) is 16.3 Å². The molecule has 0 spiro atoms. The van der Waals surface area contributed by atoms with Gasteiger partial charge in [0.2, 0.25) is 11.8 Å². The fourth-order valence-corrected chi connectivity index (χ4v) is 3.20. The summed E-state index contributed by atoms with van der Waals surface area (Å²) in [7, 11) is 1.60. The van der Waals surface area contributed by atoms with Crippen LogP contribution in [0.5, 0.6) is 5.75 Å². The van der Waals surface area contributed by atoms with Gasteiger partial charge in [-0.25, -0.2) is 0 Å². The van der Waals surface area contributed by atoms with E-state index < -0.39 is 5.92 Å². The minimum absolute atomic E-state index is 0.0921. The number of nitrogens with zero attached hydrogens (tertiary/aromatic N) is 1. The molecule has 25 heavy (non-hydrogen) atoms. The summed E-state index contributed by atoms with van der Waals surface area (Å²) in [6, 6.07) is 14.7. The van der Waals surface area contributed by atoms with Gasteiger partial charge in [0.15, 0.2) is 0 Å². The Hall–Kier alpha value is -2.53. The van der Waals surface area contributed by atoms with Crippen molar-refractivity contribution in [3.63, 3.8) is 0 Å². The van der Waals surface area contributed by atoms with Crippen LogP contribution in [0.3, 0.4) is 0 Å².